The summed E-state index contributed by atoms with van der Waals surface area (Å²) >= 11 is 6.05. The third-order valence-corrected chi connectivity index (χ3v) is 3.44. The van der Waals surface area contributed by atoms with E-state index in [9.17, 15) is 4.79 Å². The number of ether oxygens (including phenoxy) is 1. The molecule has 2 rings (SSSR count). The molecular weight excluding hydrogens is 274 g/mol. The maximum Gasteiger partial charge on any atom is 0.251 e. The Morgan fingerprint density at radius 1 is 1.25 bits per heavy atom. The lowest BCUT2D eigenvalue weighted by molar-refractivity contribution is 0.0950. The summed E-state index contributed by atoms with van der Waals surface area (Å²) in [6.45, 7) is 2.33. The van der Waals surface area contributed by atoms with Gasteiger partial charge >= 0.3 is 0 Å². The van der Waals surface area contributed by atoms with Crippen molar-refractivity contribution in [2.45, 2.75) is 13.5 Å². The summed E-state index contributed by atoms with van der Waals surface area (Å²) in [5.41, 5.74) is 2.45. The number of nitrogens with one attached hydrogen (secondary N) is 1. The zero-order chi connectivity index (χ0) is 14.5. The number of hydrogen-bond acceptors (Lipinski definition) is 2. The normalized spacial score (nSPS) is 10.2. The van der Waals surface area contributed by atoms with E-state index in [0.29, 0.717) is 22.9 Å². The third kappa shape index (κ3) is 3.31. The van der Waals surface area contributed by atoms with Gasteiger partial charge in [0, 0.05) is 17.1 Å². The van der Waals surface area contributed by atoms with Gasteiger partial charge in [-0.05, 0) is 36.2 Å². The lowest BCUT2D eigenvalue weighted by atomic mass is 10.1. The summed E-state index contributed by atoms with van der Waals surface area (Å²) < 4.78 is 5.22. The van der Waals surface area contributed by atoms with Gasteiger partial charge in [0.1, 0.15) is 5.75 Å². The number of hydrogen-bond donors (Lipinski definition) is 1. The number of carbonyl (C=O) groups excluding carboxylic acids is 1. The first kappa shape index (κ1) is 14.4. The molecular formula is C16H16ClNO2. The fraction of sp³-hybridized carbons (Fsp3) is 0.188. The topological polar surface area (TPSA) is 38.3 Å². The first-order valence-corrected chi connectivity index (χ1v) is 6.66. The summed E-state index contributed by atoms with van der Waals surface area (Å²) in [5.74, 6) is 0.554. The van der Waals surface area contributed by atoms with E-state index in [4.69, 9.17) is 16.3 Å². The Labute approximate surface area is 123 Å². The van der Waals surface area contributed by atoms with Crippen molar-refractivity contribution in [3.8, 4) is 5.75 Å². The van der Waals surface area contributed by atoms with E-state index in [-0.39, 0.29) is 5.91 Å². The van der Waals surface area contributed by atoms with Gasteiger partial charge in [-0.15, -0.1) is 0 Å². The fourth-order valence-electron chi connectivity index (χ4n) is 1.88. The second kappa shape index (κ2) is 6.44. The van der Waals surface area contributed by atoms with Crippen molar-refractivity contribution in [2.24, 2.45) is 0 Å². The molecule has 3 nitrogen and oxygen atoms in total. The first-order valence-electron chi connectivity index (χ1n) is 6.28. The van der Waals surface area contributed by atoms with E-state index >= 15 is 0 Å². The average Bonchev–Trinajstić information content (AvgIpc) is 2.46. The molecule has 0 aliphatic carbocycles. The van der Waals surface area contributed by atoms with E-state index in [1.807, 2.05) is 31.2 Å². The van der Waals surface area contributed by atoms with Crippen molar-refractivity contribution in [3.05, 3.63) is 64.2 Å². The molecule has 104 valence electrons. The molecule has 1 amide bonds. The van der Waals surface area contributed by atoms with E-state index in [2.05, 4.69) is 5.32 Å². The van der Waals surface area contributed by atoms with Gasteiger partial charge in [0.05, 0.1) is 7.11 Å². The van der Waals surface area contributed by atoms with Gasteiger partial charge in [-0.25, -0.2) is 0 Å². The van der Waals surface area contributed by atoms with Crippen molar-refractivity contribution in [2.75, 3.05) is 7.11 Å². The van der Waals surface area contributed by atoms with Gasteiger partial charge < -0.3 is 10.1 Å². The van der Waals surface area contributed by atoms with Gasteiger partial charge in [0.25, 0.3) is 5.91 Å². The SMILES string of the molecule is COc1cc(C(=O)NCc2ccccc2Cl)ccc1C. The molecule has 0 heterocycles. The lowest BCUT2D eigenvalue weighted by Crippen LogP contribution is -2.23. The van der Waals surface area contributed by atoms with Crippen LogP contribution in [0.25, 0.3) is 0 Å². The van der Waals surface area contributed by atoms with Crippen LogP contribution in [-0.4, -0.2) is 13.0 Å². The second-order valence-corrected chi connectivity index (χ2v) is 4.87. The molecule has 4 heteroatoms. The number of halogens is 1. The van der Waals surface area contributed by atoms with Crippen LogP contribution in [0.2, 0.25) is 5.02 Å². The first-order chi connectivity index (χ1) is 9.61. The predicted molar refractivity (Wildman–Crippen MR) is 80.4 cm³/mol. The summed E-state index contributed by atoms with van der Waals surface area (Å²) in [4.78, 5) is 12.1. The Morgan fingerprint density at radius 2 is 2.00 bits per heavy atom. The van der Waals surface area contributed by atoms with Crippen molar-refractivity contribution in [1.82, 2.24) is 5.32 Å². The van der Waals surface area contributed by atoms with Gasteiger partial charge in [0.15, 0.2) is 0 Å². The molecule has 0 aromatic heterocycles. The molecule has 0 atom stereocenters. The molecule has 0 spiro atoms. The summed E-state index contributed by atoms with van der Waals surface area (Å²) in [5, 5.41) is 3.50. The Balaban J connectivity index is 2.07. The lowest BCUT2D eigenvalue weighted by Gasteiger charge is -2.09. The molecule has 0 fully saturated rings. The number of methoxy groups -OCH3 is 1. The van der Waals surface area contributed by atoms with Crippen LogP contribution >= 0.6 is 11.6 Å². The average molecular weight is 290 g/mol. The Hall–Kier alpha value is -2.00. The summed E-state index contributed by atoms with van der Waals surface area (Å²) in [6, 6.07) is 12.8. The minimum Gasteiger partial charge on any atom is -0.496 e. The number of rotatable bonds is 4. The molecule has 0 bridgehead atoms. The van der Waals surface area contributed by atoms with Gasteiger partial charge in [-0.1, -0.05) is 35.9 Å². The highest BCUT2D eigenvalue weighted by Crippen LogP contribution is 2.19. The van der Waals surface area contributed by atoms with Crippen LogP contribution in [0.5, 0.6) is 5.75 Å². The molecule has 20 heavy (non-hydrogen) atoms. The van der Waals surface area contributed by atoms with Crippen molar-refractivity contribution >= 4 is 17.5 Å². The van der Waals surface area contributed by atoms with Crippen LogP contribution in [0.3, 0.4) is 0 Å². The number of carbonyl (C=O) groups is 1. The molecule has 0 radical (unpaired) electrons. The molecule has 0 aliphatic heterocycles. The highest BCUT2D eigenvalue weighted by atomic mass is 35.5. The standard InChI is InChI=1S/C16H16ClNO2/c1-11-7-8-12(9-15(11)20-2)16(19)18-10-13-5-3-4-6-14(13)17/h3-9H,10H2,1-2H3,(H,18,19). The Kier molecular flexibility index (Phi) is 4.64. The van der Waals surface area contributed by atoms with E-state index in [0.717, 1.165) is 11.1 Å². The van der Waals surface area contributed by atoms with E-state index < -0.39 is 0 Å². The van der Waals surface area contributed by atoms with Gasteiger partial charge in [0.2, 0.25) is 0 Å². The smallest absolute Gasteiger partial charge is 0.251 e. The van der Waals surface area contributed by atoms with Crippen LogP contribution < -0.4 is 10.1 Å². The molecule has 0 saturated heterocycles. The molecule has 1 N–H and O–H groups in total. The Morgan fingerprint density at radius 3 is 2.70 bits per heavy atom. The van der Waals surface area contributed by atoms with Gasteiger partial charge in [-0.3, -0.25) is 4.79 Å². The van der Waals surface area contributed by atoms with Crippen LogP contribution in [0.1, 0.15) is 21.5 Å². The van der Waals surface area contributed by atoms with Crippen molar-refractivity contribution in [3.63, 3.8) is 0 Å². The quantitative estimate of drug-likeness (QED) is 0.934. The second-order valence-electron chi connectivity index (χ2n) is 4.46. The number of amides is 1. The van der Waals surface area contributed by atoms with Crippen LogP contribution in [-0.2, 0) is 6.54 Å². The molecule has 2 aromatic rings. The minimum absolute atomic E-state index is 0.150. The van der Waals surface area contributed by atoms with E-state index in [1.54, 1.807) is 25.3 Å². The van der Waals surface area contributed by atoms with Crippen LogP contribution in [0, 0.1) is 6.92 Å². The largest absolute Gasteiger partial charge is 0.496 e. The van der Waals surface area contributed by atoms with E-state index in [1.165, 1.54) is 0 Å². The number of aryl methyl sites for hydroxylation is 1. The van der Waals surface area contributed by atoms with Crippen LogP contribution in [0.4, 0.5) is 0 Å². The maximum absolute atomic E-state index is 12.1. The zero-order valence-corrected chi connectivity index (χ0v) is 12.2. The van der Waals surface area contributed by atoms with Gasteiger partial charge in [-0.2, -0.15) is 0 Å². The minimum atomic E-state index is -0.150. The highest BCUT2D eigenvalue weighted by molar-refractivity contribution is 6.31. The maximum atomic E-state index is 12.1. The monoisotopic (exact) mass is 289 g/mol. The Bertz CT molecular complexity index is 626. The van der Waals surface area contributed by atoms with Crippen molar-refractivity contribution in [1.29, 1.82) is 0 Å². The molecule has 0 aliphatic rings. The van der Waals surface area contributed by atoms with Crippen molar-refractivity contribution < 1.29 is 9.53 Å². The summed E-state index contributed by atoms with van der Waals surface area (Å²) in [7, 11) is 1.59. The zero-order valence-electron chi connectivity index (χ0n) is 11.4. The highest BCUT2D eigenvalue weighted by Gasteiger charge is 2.09. The predicted octanol–water partition coefficient (Wildman–Crippen LogP) is 3.59. The molecule has 2 aromatic carbocycles. The fourth-order valence-corrected chi connectivity index (χ4v) is 2.08. The molecule has 0 unspecified atom stereocenters. The van der Waals surface area contributed by atoms with Crippen LogP contribution in [0.15, 0.2) is 42.5 Å². The third-order valence-electron chi connectivity index (χ3n) is 3.07. The number of benzene rings is 2. The molecule has 0 saturated carbocycles. The summed E-state index contributed by atoms with van der Waals surface area (Å²) in [6.07, 6.45) is 0.